The number of aliphatic hydroxyl groups is 1. The smallest absolute Gasteiger partial charge is 0.270 e. The van der Waals surface area contributed by atoms with E-state index in [9.17, 15) is 15.2 Å². The van der Waals surface area contributed by atoms with Crippen LogP contribution in [0.2, 0.25) is 0 Å². The first-order valence-electron chi connectivity index (χ1n) is 4.84. The summed E-state index contributed by atoms with van der Waals surface area (Å²) in [6.45, 7) is 1.50. The zero-order valence-electron chi connectivity index (χ0n) is 8.90. The van der Waals surface area contributed by atoms with Gasteiger partial charge in [0, 0.05) is 17.7 Å². The molecule has 1 unspecified atom stereocenters. The average Bonchev–Trinajstić information content (AvgIpc) is 2.78. The molecule has 0 aliphatic carbocycles. The molecular formula is C10H9N3O4. The van der Waals surface area contributed by atoms with Gasteiger partial charge in [-0.2, -0.15) is 4.98 Å². The highest BCUT2D eigenvalue weighted by atomic mass is 16.6. The molecule has 0 spiro atoms. The highest BCUT2D eigenvalue weighted by Gasteiger charge is 2.14. The first kappa shape index (κ1) is 11.2. The first-order chi connectivity index (χ1) is 8.08. The number of aromatic nitrogens is 2. The highest BCUT2D eigenvalue weighted by molar-refractivity contribution is 5.57. The van der Waals surface area contributed by atoms with Gasteiger partial charge in [0.1, 0.15) is 6.10 Å². The number of hydrogen-bond acceptors (Lipinski definition) is 6. The predicted molar refractivity (Wildman–Crippen MR) is 57.0 cm³/mol. The van der Waals surface area contributed by atoms with Crippen molar-refractivity contribution < 1.29 is 14.6 Å². The van der Waals surface area contributed by atoms with E-state index < -0.39 is 11.0 Å². The Balaban J connectivity index is 2.38. The normalized spacial score (nSPS) is 12.4. The summed E-state index contributed by atoms with van der Waals surface area (Å²) in [5, 5.41) is 23.4. The third-order valence-corrected chi connectivity index (χ3v) is 2.12. The van der Waals surface area contributed by atoms with Gasteiger partial charge < -0.3 is 9.63 Å². The highest BCUT2D eigenvalue weighted by Crippen LogP contribution is 2.23. The molecule has 1 aromatic carbocycles. The molecule has 17 heavy (non-hydrogen) atoms. The van der Waals surface area contributed by atoms with E-state index in [4.69, 9.17) is 4.52 Å². The van der Waals surface area contributed by atoms with Crippen molar-refractivity contribution in [2.24, 2.45) is 0 Å². The van der Waals surface area contributed by atoms with Crippen LogP contribution in [0.25, 0.3) is 11.5 Å². The SMILES string of the molecule is CC(O)c1noc(-c2cccc([N+](=O)[O-])c2)n1. The second kappa shape index (κ2) is 4.30. The number of non-ortho nitro benzene ring substituents is 1. The van der Waals surface area contributed by atoms with Gasteiger partial charge in [0.15, 0.2) is 5.82 Å². The van der Waals surface area contributed by atoms with Crippen LogP contribution in [0.3, 0.4) is 0 Å². The minimum absolute atomic E-state index is 0.0562. The molecular weight excluding hydrogens is 226 g/mol. The van der Waals surface area contributed by atoms with Crippen molar-refractivity contribution in [2.75, 3.05) is 0 Å². The molecule has 2 rings (SSSR count). The molecule has 7 heteroatoms. The van der Waals surface area contributed by atoms with Gasteiger partial charge in [-0.1, -0.05) is 11.2 Å². The maximum absolute atomic E-state index is 10.6. The van der Waals surface area contributed by atoms with Gasteiger partial charge in [-0.05, 0) is 13.0 Å². The summed E-state index contributed by atoms with van der Waals surface area (Å²) in [7, 11) is 0. The second-order valence-corrected chi connectivity index (χ2v) is 3.44. The summed E-state index contributed by atoms with van der Waals surface area (Å²) in [4.78, 5) is 14.0. The third kappa shape index (κ3) is 2.28. The van der Waals surface area contributed by atoms with E-state index in [1.54, 1.807) is 6.07 Å². The van der Waals surface area contributed by atoms with Gasteiger partial charge in [0.2, 0.25) is 0 Å². The Morgan fingerprint density at radius 1 is 1.53 bits per heavy atom. The standard InChI is InChI=1S/C10H9N3O4/c1-6(14)9-11-10(17-12-9)7-3-2-4-8(5-7)13(15)16/h2-6,14H,1H3. The summed E-state index contributed by atoms with van der Waals surface area (Å²) in [6.07, 6.45) is -0.841. The van der Waals surface area contributed by atoms with Gasteiger partial charge in [-0.3, -0.25) is 10.1 Å². The molecule has 1 N–H and O–H groups in total. The number of rotatable bonds is 3. The molecule has 1 heterocycles. The zero-order chi connectivity index (χ0) is 12.4. The maximum Gasteiger partial charge on any atom is 0.270 e. The molecule has 7 nitrogen and oxygen atoms in total. The molecule has 0 bridgehead atoms. The number of hydrogen-bond donors (Lipinski definition) is 1. The van der Waals surface area contributed by atoms with E-state index >= 15 is 0 Å². The van der Waals surface area contributed by atoms with Crippen LogP contribution in [0.5, 0.6) is 0 Å². The topological polar surface area (TPSA) is 102 Å². The van der Waals surface area contributed by atoms with Gasteiger partial charge in [-0.15, -0.1) is 0 Å². The maximum atomic E-state index is 10.6. The lowest BCUT2D eigenvalue weighted by molar-refractivity contribution is -0.384. The van der Waals surface area contributed by atoms with Crippen LogP contribution in [0.15, 0.2) is 28.8 Å². The molecule has 2 aromatic rings. The van der Waals surface area contributed by atoms with Gasteiger partial charge in [0.05, 0.1) is 4.92 Å². The van der Waals surface area contributed by atoms with E-state index in [1.165, 1.54) is 25.1 Å². The lowest BCUT2D eigenvalue weighted by atomic mass is 10.2. The molecule has 0 radical (unpaired) electrons. The van der Waals surface area contributed by atoms with E-state index in [0.29, 0.717) is 5.56 Å². The molecule has 88 valence electrons. The lowest BCUT2D eigenvalue weighted by Gasteiger charge is -1.94. The number of nitro groups is 1. The van der Waals surface area contributed by atoms with Gasteiger partial charge >= 0.3 is 0 Å². The van der Waals surface area contributed by atoms with Crippen LogP contribution >= 0.6 is 0 Å². The van der Waals surface area contributed by atoms with Crippen LogP contribution < -0.4 is 0 Å². The Labute approximate surface area is 95.9 Å². The Kier molecular flexibility index (Phi) is 2.84. The van der Waals surface area contributed by atoms with Crippen molar-refractivity contribution >= 4 is 5.69 Å². The van der Waals surface area contributed by atoms with Crippen LogP contribution in [0.1, 0.15) is 18.9 Å². The summed E-state index contributed by atoms with van der Waals surface area (Å²) in [5.74, 6) is 0.288. The zero-order valence-corrected chi connectivity index (χ0v) is 8.90. The number of nitrogens with zero attached hydrogens (tertiary/aromatic N) is 3. The van der Waals surface area contributed by atoms with Crippen molar-refractivity contribution in [3.8, 4) is 11.5 Å². The summed E-state index contributed by atoms with van der Waals surface area (Å²) in [5.41, 5.74) is 0.387. The molecule has 0 saturated heterocycles. The monoisotopic (exact) mass is 235 g/mol. The Bertz CT molecular complexity index is 550. The third-order valence-electron chi connectivity index (χ3n) is 2.12. The van der Waals surface area contributed by atoms with Crippen LogP contribution in [0, 0.1) is 10.1 Å². The minimum Gasteiger partial charge on any atom is -0.385 e. The van der Waals surface area contributed by atoms with Crippen molar-refractivity contribution in [3.63, 3.8) is 0 Å². The van der Waals surface area contributed by atoms with Gasteiger partial charge in [0.25, 0.3) is 11.6 Å². The fourth-order valence-corrected chi connectivity index (χ4v) is 1.27. The summed E-state index contributed by atoms with van der Waals surface area (Å²) >= 11 is 0. The fourth-order valence-electron chi connectivity index (χ4n) is 1.27. The Hall–Kier alpha value is -2.28. The van der Waals surface area contributed by atoms with Crippen molar-refractivity contribution in [1.82, 2.24) is 10.1 Å². The second-order valence-electron chi connectivity index (χ2n) is 3.44. The largest absolute Gasteiger partial charge is 0.385 e. The first-order valence-corrected chi connectivity index (χ1v) is 4.84. The van der Waals surface area contributed by atoms with Crippen molar-refractivity contribution in [3.05, 3.63) is 40.2 Å². The van der Waals surface area contributed by atoms with Crippen molar-refractivity contribution in [2.45, 2.75) is 13.0 Å². The van der Waals surface area contributed by atoms with Crippen LogP contribution in [0.4, 0.5) is 5.69 Å². The Morgan fingerprint density at radius 2 is 2.29 bits per heavy atom. The number of benzene rings is 1. The molecule has 0 aliphatic heterocycles. The molecule has 0 amide bonds. The van der Waals surface area contributed by atoms with E-state index in [1.807, 2.05) is 0 Å². The molecule has 0 fully saturated rings. The predicted octanol–water partition coefficient (Wildman–Crippen LogP) is 1.70. The quantitative estimate of drug-likeness (QED) is 0.641. The van der Waals surface area contributed by atoms with Crippen molar-refractivity contribution in [1.29, 1.82) is 0 Å². The molecule has 0 saturated carbocycles. The minimum atomic E-state index is -0.841. The van der Waals surface area contributed by atoms with Gasteiger partial charge in [-0.25, -0.2) is 0 Å². The molecule has 0 aliphatic rings. The van der Waals surface area contributed by atoms with E-state index in [2.05, 4.69) is 10.1 Å². The summed E-state index contributed by atoms with van der Waals surface area (Å²) in [6, 6.07) is 5.85. The Morgan fingerprint density at radius 3 is 2.88 bits per heavy atom. The number of aliphatic hydroxyl groups excluding tert-OH is 1. The van der Waals surface area contributed by atoms with Crippen LogP contribution in [-0.2, 0) is 0 Å². The fraction of sp³-hybridized carbons (Fsp3) is 0.200. The number of nitro benzene ring substituents is 1. The molecule has 1 atom stereocenters. The summed E-state index contributed by atoms with van der Waals surface area (Å²) < 4.78 is 4.90. The lowest BCUT2D eigenvalue weighted by Crippen LogP contribution is -1.93. The van der Waals surface area contributed by atoms with E-state index in [0.717, 1.165) is 0 Å². The average molecular weight is 235 g/mol. The molecule has 1 aromatic heterocycles. The van der Waals surface area contributed by atoms with Crippen LogP contribution in [-0.4, -0.2) is 20.2 Å². The van der Waals surface area contributed by atoms with E-state index in [-0.39, 0.29) is 17.4 Å².